The van der Waals surface area contributed by atoms with Gasteiger partial charge in [-0.15, -0.1) is 0 Å². The summed E-state index contributed by atoms with van der Waals surface area (Å²) in [5.74, 6) is 5.18. The number of rotatable bonds is 6. The number of benzene rings is 1. The van der Waals surface area contributed by atoms with Crippen LogP contribution in [0.1, 0.15) is 25.3 Å². The van der Waals surface area contributed by atoms with Gasteiger partial charge in [-0.1, -0.05) is 36.7 Å². The number of nitrogens with one attached hydrogen (secondary N) is 1. The molecule has 0 amide bonds. The van der Waals surface area contributed by atoms with E-state index in [1.54, 1.807) is 12.1 Å². The lowest BCUT2D eigenvalue weighted by atomic mass is 9.99. The fourth-order valence-electron chi connectivity index (χ4n) is 1.66. The first-order chi connectivity index (χ1) is 8.08. The van der Waals surface area contributed by atoms with Gasteiger partial charge in [0.05, 0.1) is 0 Å². The highest BCUT2D eigenvalue weighted by Gasteiger charge is 2.14. The third kappa shape index (κ3) is 4.11. The van der Waals surface area contributed by atoms with Gasteiger partial charge in [-0.2, -0.15) is 0 Å². The molecule has 3 N–H and O–H groups in total. The Morgan fingerprint density at radius 1 is 1.59 bits per heavy atom. The molecule has 2 nitrogen and oxygen atoms in total. The van der Waals surface area contributed by atoms with Crippen molar-refractivity contribution in [2.24, 2.45) is 5.84 Å². The van der Waals surface area contributed by atoms with Crippen molar-refractivity contribution in [3.05, 3.63) is 46.8 Å². The zero-order valence-corrected chi connectivity index (χ0v) is 10.7. The number of halogens is 2. The zero-order chi connectivity index (χ0) is 12.8. The summed E-state index contributed by atoms with van der Waals surface area (Å²) in [5, 5.41) is 0.437. The van der Waals surface area contributed by atoms with Gasteiger partial charge in [-0.25, -0.2) is 4.39 Å². The van der Waals surface area contributed by atoms with Gasteiger partial charge < -0.3 is 0 Å². The van der Waals surface area contributed by atoms with E-state index in [1.165, 1.54) is 6.07 Å². The third-order valence-electron chi connectivity index (χ3n) is 2.78. The minimum absolute atomic E-state index is 0.0446. The van der Waals surface area contributed by atoms with E-state index < -0.39 is 0 Å². The molecule has 0 spiro atoms. The molecule has 1 aromatic carbocycles. The molecular formula is C13H18ClFN2. The fraction of sp³-hybridized carbons (Fsp3) is 0.385. The van der Waals surface area contributed by atoms with E-state index in [4.69, 9.17) is 17.4 Å². The Hall–Kier alpha value is -0.900. The van der Waals surface area contributed by atoms with Gasteiger partial charge >= 0.3 is 0 Å². The van der Waals surface area contributed by atoms with Gasteiger partial charge in [0.1, 0.15) is 5.82 Å². The Balaban J connectivity index is 2.77. The van der Waals surface area contributed by atoms with E-state index in [-0.39, 0.29) is 11.9 Å². The number of nitrogens with two attached hydrogens (primary N) is 1. The summed E-state index contributed by atoms with van der Waals surface area (Å²) in [6.07, 6.45) is 2.07. The standard InChI is InChI=1S/C13H18ClFN2/c1-3-9(2)7-10(17-16)8-11-12(14)5-4-6-13(11)15/h4-6,10,17H,2-3,7-8,16H2,1H3. The Bertz CT molecular complexity index is 373. The highest BCUT2D eigenvalue weighted by molar-refractivity contribution is 6.31. The van der Waals surface area contributed by atoms with Crippen LogP contribution in [0.3, 0.4) is 0 Å². The van der Waals surface area contributed by atoms with Crippen LogP contribution in [-0.2, 0) is 6.42 Å². The van der Waals surface area contributed by atoms with Crippen molar-refractivity contribution in [2.75, 3.05) is 0 Å². The van der Waals surface area contributed by atoms with Crippen molar-refractivity contribution < 1.29 is 4.39 Å². The second kappa shape index (κ2) is 6.74. The average Bonchev–Trinajstić information content (AvgIpc) is 2.32. The average molecular weight is 257 g/mol. The quantitative estimate of drug-likeness (QED) is 0.466. The highest BCUT2D eigenvalue weighted by Crippen LogP contribution is 2.22. The molecule has 17 heavy (non-hydrogen) atoms. The molecule has 0 fully saturated rings. The van der Waals surface area contributed by atoms with Gasteiger partial charge in [0.15, 0.2) is 0 Å². The summed E-state index contributed by atoms with van der Waals surface area (Å²) in [7, 11) is 0. The lowest BCUT2D eigenvalue weighted by Crippen LogP contribution is -2.37. The molecule has 4 heteroatoms. The van der Waals surface area contributed by atoms with Gasteiger partial charge in [-0.05, 0) is 31.4 Å². The molecule has 0 radical (unpaired) electrons. The maximum absolute atomic E-state index is 13.6. The van der Waals surface area contributed by atoms with Crippen LogP contribution in [0.25, 0.3) is 0 Å². The van der Waals surface area contributed by atoms with Crippen molar-refractivity contribution >= 4 is 11.6 Å². The molecule has 1 atom stereocenters. The number of hydrazine groups is 1. The van der Waals surface area contributed by atoms with Crippen LogP contribution in [0.4, 0.5) is 4.39 Å². The monoisotopic (exact) mass is 256 g/mol. The molecule has 0 aromatic heterocycles. The summed E-state index contributed by atoms with van der Waals surface area (Å²) in [4.78, 5) is 0. The minimum atomic E-state index is -0.292. The lowest BCUT2D eigenvalue weighted by Gasteiger charge is -2.17. The third-order valence-corrected chi connectivity index (χ3v) is 3.14. The van der Waals surface area contributed by atoms with Crippen molar-refractivity contribution in [1.29, 1.82) is 0 Å². The van der Waals surface area contributed by atoms with Gasteiger partial charge in [0.25, 0.3) is 0 Å². The van der Waals surface area contributed by atoms with Crippen molar-refractivity contribution in [1.82, 2.24) is 5.43 Å². The fourth-order valence-corrected chi connectivity index (χ4v) is 1.90. The Kier molecular flexibility index (Phi) is 5.62. The van der Waals surface area contributed by atoms with Crippen LogP contribution >= 0.6 is 11.6 Å². The van der Waals surface area contributed by atoms with Crippen LogP contribution in [0.5, 0.6) is 0 Å². The second-order valence-electron chi connectivity index (χ2n) is 4.08. The van der Waals surface area contributed by atoms with Crippen molar-refractivity contribution in [3.63, 3.8) is 0 Å². The predicted octanol–water partition coefficient (Wildman–Crippen LogP) is 3.21. The topological polar surface area (TPSA) is 38.0 Å². The first-order valence-electron chi connectivity index (χ1n) is 5.64. The first kappa shape index (κ1) is 14.2. The maximum Gasteiger partial charge on any atom is 0.127 e. The van der Waals surface area contributed by atoms with Crippen molar-refractivity contribution in [3.8, 4) is 0 Å². The molecular weight excluding hydrogens is 239 g/mol. The van der Waals surface area contributed by atoms with Crippen LogP contribution < -0.4 is 11.3 Å². The SMILES string of the molecule is C=C(CC)CC(Cc1c(F)cccc1Cl)NN. The smallest absolute Gasteiger partial charge is 0.127 e. The van der Waals surface area contributed by atoms with E-state index in [0.717, 1.165) is 18.4 Å². The Morgan fingerprint density at radius 2 is 2.29 bits per heavy atom. The normalized spacial score (nSPS) is 12.5. The summed E-state index contributed by atoms with van der Waals surface area (Å²) in [5.41, 5.74) is 4.27. The summed E-state index contributed by atoms with van der Waals surface area (Å²) >= 11 is 5.97. The van der Waals surface area contributed by atoms with Gasteiger partial charge in [0, 0.05) is 16.6 Å². The van der Waals surface area contributed by atoms with Crippen LogP contribution in [0.15, 0.2) is 30.4 Å². The molecule has 0 saturated carbocycles. The van der Waals surface area contributed by atoms with E-state index in [0.29, 0.717) is 17.0 Å². The molecule has 0 aliphatic rings. The van der Waals surface area contributed by atoms with E-state index in [1.807, 2.05) is 6.92 Å². The summed E-state index contributed by atoms with van der Waals surface area (Å²) in [6.45, 7) is 5.96. The number of hydrogen-bond donors (Lipinski definition) is 2. The maximum atomic E-state index is 13.6. The molecule has 1 aromatic rings. The highest BCUT2D eigenvalue weighted by atomic mass is 35.5. The van der Waals surface area contributed by atoms with Crippen LogP contribution in [0.2, 0.25) is 5.02 Å². The number of hydrogen-bond acceptors (Lipinski definition) is 2. The Morgan fingerprint density at radius 3 is 2.82 bits per heavy atom. The van der Waals surface area contributed by atoms with Crippen LogP contribution in [0, 0.1) is 5.82 Å². The predicted molar refractivity (Wildman–Crippen MR) is 70.3 cm³/mol. The van der Waals surface area contributed by atoms with Crippen LogP contribution in [-0.4, -0.2) is 6.04 Å². The largest absolute Gasteiger partial charge is 0.271 e. The molecule has 0 saturated heterocycles. The molecule has 94 valence electrons. The minimum Gasteiger partial charge on any atom is -0.271 e. The molecule has 0 heterocycles. The second-order valence-corrected chi connectivity index (χ2v) is 4.48. The first-order valence-corrected chi connectivity index (χ1v) is 6.02. The molecule has 0 aliphatic carbocycles. The van der Waals surface area contributed by atoms with E-state index >= 15 is 0 Å². The van der Waals surface area contributed by atoms with Crippen molar-refractivity contribution in [2.45, 2.75) is 32.2 Å². The molecule has 1 rings (SSSR count). The lowest BCUT2D eigenvalue weighted by molar-refractivity contribution is 0.502. The van der Waals surface area contributed by atoms with E-state index in [9.17, 15) is 4.39 Å². The zero-order valence-electron chi connectivity index (χ0n) is 9.97. The molecule has 0 bridgehead atoms. The summed E-state index contributed by atoms with van der Waals surface area (Å²) in [6, 6.07) is 4.64. The van der Waals surface area contributed by atoms with E-state index in [2.05, 4.69) is 12.0 Å². The Labute approximate surface area is 107 Å². The van der Waals surface area contributed by atoms with Gasteiger partial charge in [-0.3, -0.25) is 11.3 Å². The summed E-state index contributed by atoms with van der Waals surface area (Å²) < 4.78 is 13.6. The molecule has 0 aliphatic heterocycles. The molecule has 1 unspecified atom stereocenters. The van der Waals surface area contributed by atoms with Gasteiger partial charge in [0.2, 0.25) is 0 Å².